The maximum absolute atomic E-state index is 9.40. The Hall–Kier alpha value is -2.65. The molecule has 1 radical (unpaired) electrons. The highest BCUT2D eigenvalue weighted by Gasteiger charge is 2.18. The smallest absolute Gasteiger partial charge is 0.222 e. The van der Waals surface area contributed by atoms with Gasteiger partial charge in [-0.3, -0.25) is 0 Å². The molecule has 3 nitrogen and oxygen atoms in total. The number of nitrogens with zero attached hydrogens (tertiary/aromatic N) is 1. The molecule has 115 valence electrons. The van der Waals surface area contributed by atoms with Gasteiger partial charge >= 0.3 is 0 Å². The van der Waals surface area contributed by atoms with Crippen molar-refractivity contribution in [3.05, 3.63) is 72.4 Å². The molecular formula is C20H18NO2. The summed E-state index contributed by atoms with van der Waals surface area (Å²) in [5.74, 6) is 0.539. The van der Waals surface area contributed by atoms with Crippen LogP contribution in [0.1, 0.15) is 5.56 Å². The standard InChI is InChI=1S/C20H18NO2/c1-23-20-19(16-10-6-3-7-11-16)18(15-8-4-2-5-9-15)17(12-13-22)14-21-20/h2-11,22H,12-13H2,1H3. The summed E-state index contributed by atoms with van der Waals surface area (Å²) in [5.41, 5.74) is 4.92. The molecule has 1 heterocycles. The Labute approximate surface area is 136 Å². The molecule has 23 heavy (non-hydrogen) atoms. The van der Waals surface area contributed by atoms with Crippen molar-refractivity contribution < 1.29 is 9.84 Å². The third kappa shape index (κ3) is 3.10. The Bertz CT molecular complexity index is 770. The summed E-state index contributed by atoms with van der Waals surface area (Å²) in [6, 6.07) is 20.1. The third-order valence-corrected chi connectivity index (χ3v) is 3.74. The zero-order valence-corrected chi connectivity index (χ0v) is 13.0. The molecule has 0 atom stereocenters. The van der Waals surface area contributed by atoms with E-state index in [1.54, 1.807) is 7.11 Å². The number of methoxy groups -OCH3 is 1. The monoisotopic (exact) mass is 304 g/mol. The van der Waals surface area contributed by atoms with Gasteiger partial charge in [-0.15, -0.1) is 0 Å². The van der Waals surface area contributed by atoms with E-state index in [1.165, 1.54) is 0 Å². The van der Waals surface area contributed by atoms with Crippen LogP contribution >= 0.6 is 0 Å². The lowest BCUT2D eigenvalue weighted by molar-refractivity contribution is 0.299. The van der Waals surface area contributed by atoms with Gasteiger partial charge in [-0.2, -0.15) is 0 Å². The number of aliphatic hydroxyl groups excluding tert-OH is 1. The van der Waals surface area contributed by atoms with Crippen molar-refractivity contribution >= 4 is 0 Å². The fraction of sp³-hybridized carbons (Fsp3) is 0.150. The van der Waals surface area contributed by atoms with Gasteiger partial charge in [-0.1, -0.05) is 60.7 Å². The predicted octanol–water partition coefficient (Wildman–Crippen LogP) is 3.76. The topological polar surface area (TPSA) is 42.4 Å². The van der Waals surface area contributed by atoms with Crippen LogP contribution in [0.4, 0.5) is 0 Å². The van der Waals surface area contributed by atoms with E-state index in [9.17, 15) is 5.11 Å². The van der Waals surface area contributed by atoms with Crippen LogP contribution in [0.2, 0.25) is 0 Å². The average molecular weight is 304 g/mol. The van der Waals surface area contributed by atoms with E-state index in [1.807, 2.05) is 48.5 Å². The predicted molar refractivity (Wildman–Crippen MR) is 91.3 cm³/mol. The van der Waals surface area contributed by atoms with E-state index < -0.39 is 0 Å². The molecule has 3 aromatic rings. The first-order chi connectivity index (χ1) is 11.3. The Morgan fingerprint density at radius 3 is 2.00 bits per heavy atom. The van der Waals surface area contributed by atoms with Crippen LogP contribution in [0.25, 0.3) is 22.3 Å². The maximum Gasteiger partial charge on any atom is 0.222 e. The Morgan fingerprint density at radius 2 is 1.48 bits per heavy atom. The Balaban J connectivity index is 2.32. The summed E-state index contributed by atoms with van der Waals surface area (Å²) in [6.45, 7) is 0.0541. The fourth-order valence-electron chi connectivity index (χ4n) is 2.72. The Morgan fingerprint density at radius 1 is 0.913 bits per heavy atom. The van der Waals surface area contributed by atoms with E-state index in [0.717, 1.165) is 27.8 Å². The molecule has 0 fully saturated rings. The van der Waals surface area contributed by atoms with Gasteiger partial charge in [0.25, 0.3) is 0 Å². The third-order valence-electron chi connectivity index (χ3n) is 3.74. The second-order valence-electron chi connectivity index (χ2n) is 5.17. The zero-order valence-electron chi connectivity index (χ0n) is 13.0. The molecule has 0 aliphatic heterocycles. The second-order valence-corrected chi connectivity index (χ2v) is 5.17. The van der Waals surface area contributed by atoms with Crippen molar-refractivity contribution in [1.29, 1.82) is 0 Å². The molecule has 3 heteroatoms. The van der Waals surface area contributed by atoms with E-state index in [2.05, 4.69) is 23.3 Å². The highest BCUT2D eigenvalue weighted by Crippen LogP contribution is 2.39. The molecule has 0 unspecified atom stereocenters. The van der Waals surface area contributed by atoms with Crippen LogP contribution in [-0.2, 0) is 6.42 Å². The fourth-order valence-corrected chi connectivity index (χ4v) is 2.72. The average Bonchev–Trinajstić information content (AvgIpc) is 2.63. The molecule has 0 saturated heterocycles. The zero-order chi connectivity index (χ0) is 16.1. The lowest BCUT2D eigenvalue weighted by Crippen LogP contribution is -2.02. The first kappa shape index (κ1) is 15.3. The van der Waals surface area contributed by atoms with Gasteiger partial charge in [0, 0.05) is 12.2 Å². The lowest BCUT2D eigenvalue weighted by Gasteiger charge is -2.17. The van der Waals surface area contributed by atoms with Gasteiger partial charge in [0.15, 0.2) is 0 Å². The molecule has 3 rings (SSSR count). The van der Waals surface area contributed by atoms with Gasteiger partial charge < -0.3 is 9.84 Å². The van der Waals surface area contributed by atoms with Gasteiger partial charge in [-0.25, -0.2) is 4.98 Å². The van der Waals surface area contributed by atoms with Crippen LogP contribution in [-0.4, -0.2) is 23.8 Å². The number of pyridine rings is 1. The van der Waals surface area contributed by atoms with Crippen molar-refractivity contribution in [3.8, 4) is 28.1 Å². The molecule has 0 aliphatic carbocycles. The normalized spacial score (nSPS) is 10.5. The molecule has 1 aromatic heterocycles. The summed E-state index contributed by atoms with van der Waals surface area (Å²) in [4.78, 5) is 4.32. The van der Waals surface area contributed by atoms with Crippen molar-refractivity contribution in [3.63, 3.8) is 0 Å². The van der Waals surface area contributed by atoms with Crippen molar-refractivity contribution in [2.75, 3.05) is 13.7 Å². The van der Waals surface area contributed by atoms with Gasteiger partial charge in [0.2, 0.25) is 5.88 Å². The first-order valence-electron chi connectivity index (χ1n) is 7.55. The van der Waals surface area contributed by atoms with Crippen LogP contribution < -0.4 is 4.74 Å². The second kappa shape index (κ2) is 7.07. The molecule has 0 aliphatic rings. The maximum atomic E-state index is 9.40. The van der Waals surface area contributed by atoms with Crippen LogP contribution in [0.3, 0.4) is 0 Å². The van der Waals surface area contributed by atoms with Gasteiger partial charge in [0.05, 0.1) is 18.9 Å². The minimum atomic E-state index is 0.0541. The molecule has 0 bridgehead atoms. The number of hydrogen-bond donors (Lipinski definition) is 1. The van der Waals surface area contributed by atoms with Crippen LogP contribution in [0, 0.1) is 6.20 Å². The molecule has 0 saturated carbocycles. The summed E-state index contributed by atoms with van der Waals surface area (Å²) >= 11 is 0. The highest BCUT2D eigenvalue weighted by molar-refractivity contribution is 5.88. The summed E-state index contributed by atoms with van der Waals surface area (Å²) in [5, 5.41) is 9.40. The number of benzene rings is 2. The van der Waals surface area contributed by atoms with Crippen LogP contribution in [0.5, 0.6) is 5.88 Å². The summed E-state index contributed by atoms with van der Waals surface area (Å²) in [6.07, 6.45) is 3.53. The molecule has 2 aromatic carbocycles. The van der Waals surface area contributed by atoms with Crippen molar-refractivity contribution in [2.24, 2.45) is 0 Å². The minimum Gasteiger partial charge on any atom is -0.481 e. The number of aromatic nitrogens is 1. The first-order valence-corrected chi connectivity index (χ1v) is 7.55. The van der Waals surface area contributed by atoms with Crippen molar-refractivity contribution in [1.82, 2.24) is 4.98 Å². The summed E-state index contributed by atoms with van der Waals surface area (Å²) < 4.78 is 5.49. The van der Waals surface area contributed by atoms with Crippen molar-refractivity contribution in [2.45, 2.75) is 6.42 Å². The van der Waals surface area contributed by atoms with E-state index in [4.69, 9.17) is 4.74 Å². The molecule has 1 N–H and O–H groups in total. The van der Waals surface area contributed by atoms with E-state index in [0.29, 0.717) is 12.3 Å². The number of ether oxygens (including phenoxy) is 1. The molecule has 0 spiro atoms. The largest absolute Gasteiger partial charge is 0.481 e. The van der Waals surface area contributed by atoms with Gasteiger partial charge in [0.1, 0.15) is 0 Å². The van der Waals surface area contributed by atoms with Gasteiger partial charge in [-0.05, 0) is 23.1 Å². The number of rotatable bonds is 5. The highest BCUT2D eigenvalue weighted by atomic mass is 16.5. The molecular weight excluding hydrogens is 286 g/mol. The lowest BCUT2D eigenvalue weighted by atomic mass is 9.91. The minimum absolute atomic E-state index is 0.0541. The SMILES string of the molecule is COc1n[c]c(CCO)c(-c2ccccc2)c1-c1ccccc1. The van der Waals surface area contributed by atoms with Crippen LogP contribution in [0.15, 0.2) is 60.7 Å². The Kier molecular flexibility index (Phi) is 4.69. The molecule has 0 amide bonds. The number of aliphatic hydroxyl groups is 1. The van der Waals surface area contributed by atoms with E-state index >= 15 is 0 Å². The summed E-state index contributed by atoms with van der Waals surface area (Å²) in [7, 11) is 1.61. The number of hydrogen-bond acceptors (Lipinski definition) is 3. The van der Waals surface area contributed by atoms with E-state index in [-0.39, 0.29) is 6.61 Å². The quantitative estimate of drug-likeness (QED) is 0.780.